The van der Waals surface area contributed by atoms with E-state index >= 15 is 0 Å². The lowest BCUT2D eigenvalue weighted by Crippen LogP contribution is -2.25. The van der Waals surface area contributed by atoms with Crippen LogP contribution in [0.3, 0.4) is 0 Å². The number of aromatic amines is 1. The summed E-state index contributed by atoms with van der Waals surface area (Å²) < 4.78 is 37.3. The molecule has 2 N–H and O–H groups in total. The molecule has 1 heterocycles. The highest BCUT2D eigenvalue weighted by Crippen LogP contribution is 2.27. The maximum absolute atomic E-state index is 12.4. The van der Waals surface area contributed by atoms with Gasteiger partial charge < -0.3 is 10.1 Å². The fraction of sp³-hybridized carbons (Fsp3) is 0.167. The molecular weight excluding hydrogens is 289 g/mol. The van der Waals surface area contributed by atoms with Crippen molar-refractivity contribution in [1.82, 2.24) is 20.5 Å². The van der Waals surface area contributed by atoms with Crippen LogP contribution >= 0.6 is 0 Å². The fourth-order valence-electron chi connectivity index (χ4n) is 1.55. The summed E-state index contributed by atoms with van der Waals surface area (Å²) in [5, 5.41) is 7.59. The Hall–Kier alpha value is -2.71. The maximum atomic E-state index is 12.4. The summed E-state index contributed by atoms with van der Waals surface area (Å²) in [6.07, 6.45) is -4.10. The zero-order valence-corrected chi connectivity index (χ0v) is 10.4. The van der Waals surface area contributed by atoms with E-state index in [1.54, 1.807) is 5.10 Å². The van der Waals surface area contributed by atoms with E-state index < -0.39 is 17.9 Å². The minimum Gasteiger partial charge on any atom is -0.345 e. The van der Waals surface area contributed by atoms with Gasteiger partial charge in [0, 0.05) is 11.1 Å². The number of nitrogens with zero attached hydrogens (tertiary/aromatic N) is 2. The average molecular weight is 298 g/mol. The third kappa shape index (κ3) is 3.44. The zero-order chi connectivity index (χ0) is 15.5. The Morgan fingerprint density at radius 1 is 1.38 bits per heavy atom. The SMILES string of the molecule is O=CCNC(=O)c1cccc(-c2n[nH]c(C(F)(F)F)n2)c1. The van der Waals surface area contributed by atoms with Crippen LogP contribution in [-0.4, -0.2) is 33.9 Å². The number of halogens is 3. The van der Waals surface area contributed by atoms with Crippen molar-refractivity contribution in [3.05, 3.63) is 35.7 Å². The molecule has 2 rings (SSSR count). The molecule has 0 bridgehead atoms. The molecule has 0 unspecified atom stereocenters. The molecule has 2 aromatic rings. The van der Waals surface area contributed by atoms with Gasteiger partial charge >= 0.3 is 6.18 Å². The van der Waals surface area contributed by atoms with Gasteiger partial charge in [-0.2, -0.15) is 18.3 Å². The van der Waals surface area contributed by atoms with Gasteiger partial charge in [0.2, 0.25) is 5.82 Å². The molecule has 21 heavy (non-hydrogen) atoms. The molecule has 0 aliphatic rings. The number of alkyl halides is 3. The van der Waals surface area contributed by atoms with Crippen molar-refractivity contribution < 1.29 is 22.8 Å². The summed E-state index contributed by atoms with van der Waals surface area (Å²) in [5.41, 5.74) is 0.438. The smallest absolute Gasteiger partial charge is 0.345 e. The molecule has 0 aliphatic heterocycles. The number of hydrogen-bond acceptors (Lipinski definition) is 4. The molecule has 0 spiro atoms. The van der Waals surface area contributed by atoms with Gasteiger partial charge in [0.1, 0.15) is 6.29 Å². The predicted octanol–water partition coefficient (Wildman–Crippen LogP) is 1.42. The molecule has 1 amide bonds. The molecule has 110 valence electrons. The molecule has 0 saturated heterocycles. The molecule has 0 aliphatic carbocycles. The number of carbonyl (C=O) groups is 2. The van der Waals surface area contributed by atoms with Gasteiger partial charge in [0.15, 0.2) is 5.82 Å². The van der Waals surface area contributed by atoms with Gasteiger partial charge in [-0.05, 0) is 12.1 Å². The number of aldehydes is 1. The number of H-pyrrole nitrogens is 1. The van der Waals surface area contributed by atoms with E-state index in [2.05, 4.69) is 15.4 Å². The van der Waals surface area contributed by atoms with Crippen LogP contribution in [-0.2, 0) is 11.0 Å². The summed E-state index contributed by atoms with van der Waals surface area (Å²) in [5.74, 6) is -1.91. The Morgan fingerprint density at radius 3 is 2.76 bits per heavy atom. The Morgan fingerprint density at radius 2 is 2.14 bits per heavy atom. The summed E-state index contributed by atoms with van der Waals surface area (Å²) in [7, 11) is 0. The predicted molar refractivity (Wildman–Crippen MR) is 65.2 cm³/mol. The molecule has 0 atom stereocenters. The minimum absolute atomic E-state index is 0.151. The van der Waals surface area contributed by atoms with Crippen molar-refractivity contribution in [1.29, 1.82) is 0 Å². The van der Waals surface area contributed by atoms with Crippen molar-refractivity contribution in [3.8, 4) is 11.4 Å². The first kappa shape index (κ1) is 14.7. The number of amides is 1. The van der Waals surface area contributed by atoms with Gasteiger partial charge in [-0.25, -0.2) is 4.98 Å². The topological polar surface area (TPSA) is 87.7 Å². The Bertz CT molecular complexity index is 667. The summed E-state index contributed by atoms with van der Waals surface area (Å²) in [6.45, 7) is -0.151. The third-order valence-electron chi connectivity index (χ3n) is 2.48. The van der Waals surface area contributed by atoms with E-state index in [1.165, 1.54) is 24.3 Å². The highest BCUT2D eigenvalue weighted by Gasteiger charge is 2.35. The second kappa shape index (κ2) is 5.73. The van der Waals surface area contributed by atoms with E-state index in [4.69, 9.17) is 0 Å². The van der Waals surface area contributed by atoms with Gasteiger partial charge in [-0.15, -0.1) is 0 Å². The molecule has 0 radical (unpaired) electrons. The number of aromatic nitrogens is 3. The number of rotatable bonds is 4. The largest absolute Gasteiger partial charge is 0.451 e. The van der Waals surface area contributed by atoms with E-state index in [0.29, 0.717) is 6.29 Å². The number of benzene rings is 1. The lowest BCUT2D eigenvalue weighted by atomic mass is 10.1. The van der Waals surface area contributed by atoms with Crippen molar-refractivity contribution in [2.45, 2.75) is 6.18 Å². The van der Waals surface area contributed by atoms with Crippen molar-refractivity contribution in [3.63, 3.8) is 0 Å². The van der Waals surface area contributed by atoms with Crippen LogP contribution in [0.4, 0.5) is 13.2 Å². The first-order valence-corrected chi connectivity index (χ1v) is 5.73. The van der Waals surface area contributed by atoms with Crippen LogP contribution in [0.15, 0.2) is 24.3 Å². The Labute approximate surface area is 116 Å². The normalized spacial score (nSPS) is 11.2. The quantitative estimate of drug-likeness (QED) is 0.836. The molecule has 1 aromatic carbocycles. The Balaban J connectivity index is 2.27. The molecule has 0 fully saturated rings. The van der Waals surface area contributed by atoms with Gasteiger partial charge in [0.05, 0.1) is 6.54 Å². The minimum atomic E-state index is -4.62. The van der Waals surface area contributed by atoms with Crippen molar-refractivity contribution in [2.75, 3.05) is 6.54 Å². The molecular formula is C12H9F3N4O2. The van der Waals surface area contributed by atoms with E-state index in [1.807, 2.05) is 0 Å². The summed E-state index contributed by atoms with van der Waals surface area (Å²) >= 11 is 0. The van der Waals surface area contributed by atoms with Crippen molar-refractivity contribution >= 4 is 12.2 Å². The van der Waals surface area contributed by atoms with Gasteiger partial charge in [0.25, 0.3) is 5.91 Å². The second-order valence-electron chi connectivity index (χ2n) is 3.96. The van der Waals surface area contributed by atoms with Gasteiger partial charge in [-0.1, -0.05) is 12.1 Å². The second-order valence-corrected chi connectivity index (χ2v) is 3.96. The monoisotopic (exact) mass is 298 g/mol. The number of carbonyl (C=O) groups excluding carboxylic acids is 2. The summed E-state index contributed by atoms with van der Waals surface area (Å²) in [4.78, 5) is 25.2. The van der Waals surface area contributed by atoms with Crippen LogP contribution in [0.25, 0.3) is 11.4 Å². The number of nitrogens with one attached hydrogen (secondary N) is 2. The van der Waals surface area contributed by atoms with E-state index in [9.17, 15) is 22.8 Å². The highest BCUT2D eigenvalue weighted by atomic mass is 19.4. The van der Waals surface area contributed by atoms with Crippen LogP contribution in [0.2, 0.25) is 0 Å². The van der Waals surface area contributed by atoms with Crippen LogP contribution in [0.5, 0.6) is 0 Å². The average Bonchev–Trinajstić information content (AvgIpc) is 2.95. The fourth-order valence-corrected chi connectivity index (χ4v) is 1.55. The standard InChI is InChI=1S/C12H9F3N4O2/c13-12(14,15)11-17-9(18-19-11)7-2-1-3-8(6-7)10(21)16-4-5-20/h1-3,5-6H,4H2,(H,16,21)(H,17,18,19). The lowest BCUT2D eigenvalue weighted by molar-refractivity contribution is -0.144. The molecule has 6 nitrogen and oxygen atoms in total. The van der Waals surface area contributed by atoms with Crippen LogP contribution < -0.4 is 5.32 Å². The Kier molecular flexibility index (Phi) is 4.01. The summed E-state index contributed by atoms with van der Waals surface area (Å²) in [6, 6.07) is 5.75. The highest BCUT2D eigenvalue weighted by molar-refractivity contribution is 5.96. The van der Waals surface area contributed by atoms with E-state index in [0.717, 1.165) is 0 Å². The molecule has 0 saturated carbocycles. The van der Waals surface area contributed by atoms with E-state index in [-0.39, 0.29) is 23.5 Å². The first-order valence-electron chi connectivity index (χ1n) is 5.73. The zero-order valence-electron chi connectivity index (χ0n) is 10.4. The first-order chi connectivity index (χ1) is 9.91. The third-order valence-corrected chi connectivity index (χ3v) is 2.48. The maximum Gasteiger partial charge on any atom is 0.451 e. The molecule has 1 aromatic heterocycles. The number of hydrogen-bond donors (Lipinski definition) is 2. The molecule has 9 heteroatoms. The lowest BCUT2D eigenvalue weighted by Gasteiger charge is -2.03. The van der Waals surface area contributed by atoms with Gasteiger partial charge in [-0.3, -0.25) is 9.89 Å². The van der Waals surface area contributed by atoms with Crippen LogP contribution in [0, 0.1) is 0 Å². The van der Waals surface area contributed by atoms with Crippen LogP contribution in [0.1, 0.15) is 16.2 Å². The van der Waals surface area contributed by atoms with Crippen molar-refractivity contribution in [2.24, 2.45) is 0 Å².